The van der Waals surface area contributed by atoms with E-state index in [1.54, 1.807) is 11.6 Å². The van der Waals surface area contributed by atoms with Crippen molar-refractivity contribution in [2.75, 3.05) is 0 Å². The summed E-state index contributed by atoms with van der Waals surface area (Å²) < 4.78 is 1.60. The first-order valence-electron chi connectivity index (χ1n) is 7.10. The van der Waals surface area contributed by atoms with Crippen molar-refractivity contribution < 1.29 is 9.72 Å². The van der Waals surface area contributed by atoms with Crippen LogP contribution in [0.15, 0.2) is 18.3 Å². The van der Waals surface area contributed by atoms with Gasteiger partial charge in [0, 0.05) is 12.5 Å². The second kappa shape index (κ2) is 5.23. The zero-order valence-corrected chi connectivity index (χ0v) is 14.5. The molecule has 8 heteroatoms. The Labute approximate surface area is 141 Å². The number of pyridine rings is 1. The molecule has 0 amide bonds. The summed E-state index contributed by atoms with van der Waals surface area (Å²) in [6.45, 7) is 5.82. The number of ketones is 1. The van der Waals surface area contributed by atoms with E-state index in [1.807, 2.05) is 13.8 Å². The zero-order chi connectivity index (χ0) is 16.9. The number of carbonyl (C=O) groups excluding carboxylic acids is 1. The van der Waals surface area contributed by atoms with Crippen LogP contribution < -0.4 is 0 Å². The van der Waals surface area contributed by atoms with E-state index in [-0.39, 0.29) is 21.7 Å². The molecular formula is C15H15BrN4O3. The molecule has 3 rings (SSSR count). The summed E-state index contributed by atoms with van der Waals surface area (Å²) in [4.78, 5) is 26.8. The smallest absolute Gasteiger partial charge is 0.287 e. The molecule has 120 valence electrons. The Kier molecular flexibility index (Phi) is 3.59. The van der Waals surface area contributed by atoms with Gasteiger partial charge in [-0.1, -0.05) is 29.8 Å². The SMILES string of the molecule is Cc1nn(-c2ccc([N+](=O)[O-])cn2)c2c1C(=O)CC(C)(C)C2Br. The van der Waals surface area contributed by atoms with E-state index in [0.29, 0.717) is 23.5 Å². The van der Waals surface area contributed by atoms with Crippen molar-refractivity contribution >= 4 is 27.4 Å². The lowest BCUT2D eigenvalue weighted by Gasteiger charge is -2.34. The number of hydrogen-bond donors (Lipinski definition) is 0. The number of carbonyl (C=O) groups is 1. The van der Waals surface area contributed by atoms with Gasteiger partial charge in [-0.3, -0.25) is 14.9 Å². The highest BCUT2D eigenvalue weighted by Crippen LogP contribution is 2.49. The van der Waals surface area contributed by atoms with Crippen LogP contribution in [0.25, 0.3) is 5.82 Å². The molecule has 1 aliphatic rings. The molecule has 0 radical (unpaired) electrons. The van der Waals surface area contributed by atoms with E-state index < -0.39 is 4.92 Å². The summed E-state index contributed by atoms with van der Waals surface area (Å²) in [6, 6.07) is 2.92. The number of hydrogen-bond acceptors (Lipinski definition) is 5. The quantitative estimate of drug-likeness (QED) is 0.452. The van der Waals surface area contributed by atoms with Crippen molar-refractivity contribution in [3.8, 4) is 5.82 Å². The Morgan fingerprint density at radius 2 is 2.13 bits per heavy atom. The van der Waals surface area contributed by atoms with Crippen molar-refractivity contribution in [2.45, 2.75) is 32.0 Å². The highest BCUT2D eigenvalue weighted by molar-refractivity contribution is 9.09. The minimum Gasteiger partial charge on any atom is -0.294 e. The number of alkyl halides is 1. The Morgan fingerprint density at radius 3 is 2.70 bits per heavy atom. The van der Waals surface area contributed by atoms with Gasteiger partial charge in [-0.15, -0.1) is 0 Å². The molecule has 0 aliphatic heterocycles. The average molecular weight is 379 g/mol. The van der Waals surface area contributed by atoms with Crippen LogP contribution in [0.2, 0.25) is 0 Å². The molecule has 0 spiro atoms. The van der Waals surface area contributed by atoms with Crippen molar-refractivity contribution in [3.63, 3.8) is 0 Å². The van der Waals surface area contributed by atoms with Crippen LogP contribution in [0.5, 0.6) is 0 Å². The van der Waals surface area contributed by atoms with Crippen LogP contribution in [-0.2, 0) is 0 Å². The molecule has 0 fully saturated rings. The molecule has 2 aromatic rings. The maximum atomic E-state index is 12.5. The second-order valence-electron chi connectivity index (χ2n) is 6.34. The molecule has 0 aromatic carbocycles. The normalized spacial score (nSPS) is 19.5. The van der Waals surface area contributed by atoms with Crippen LogP contribution in [-0.4, -0.2) is 25.5 Å². The van der Waals surface area contributed by atoms with Gasteiger partial charge in [0.1, 0.15) is 6.20 Å². The minimum atomic E-state index is -0.499. The summed E-state index contributed by atoms with van der Waals surface area (Å²) in [5.74, 6) is 0.515. The first-order chi connectivity index (χ1) is 10.7. The van der Waals surface area contributed by atoms with E-state index in [9.17, 15) is 14.9 Å². The van der Waals surface area contributed by atoms with E-state index >= 15 is 0 Å². The average Bonchev–Trinajstić information content (AvgIpc) is 2.82. The predicted molar refractivity (Wildman–Crippen MR) is 87.1 cm³/mol. The highest BCUT2D eigenvalue weighted by Gasteiger charge is 2.42. The van der Waals surface area contributed by atoms with E-state index in [4.69, 9.17) is 0 Å². The summed E-state index contributed by atoms with van der Waals surface area (Å²) in [7, 11) is 0. The molecule has 1 aliphatic carbocycles. The van der Waals surface area contributed by atoms with Gasteiger partial charge in [0.25, 0.3) is 5.69 Å². The fourth-order valence-corrected chi connectivity index (χ4v) is 3.46. The van der Waals surface area contributed by atoms with E-state index in [1.165, 1.54) is 18.3 Å². The molecule has 2 heterocycles. The largest absolute Gasteiger partial charge is 0.294 e. The van der Waals surface area contributed by atoms with Gasteiger partial charge in [0.2, 0.25) is 0 Å². The first kappa shape index (κ1) is 15.8. The van der Waals surface area contributed by atoms with Gasteiger partial charge in [0.15, 0.2) is 11.6 Å². The second-order valence-corrected chi connectivity index (χ2v) is 7.26. The summed E-state index contributed by atoms with van der Waals surface area (Å²) in [5.41, 5.74) is 1.68. The lowest BCUT2D eigenvalue weighted by Crippen LogP contribution is -2.30. The Hall–Kier alpha value is -2.09. The fraction of sp³-hybridized carbons (Fsp3) is 0.400. The number of nitro groups is 1. The zero-order valence-electron chi connectivity index (χ0n) is 12.9. The third kappa shape index (κ3) is 2.46. The molecule has 7 nitrogen and oxygen atoms in total. The van der Waals surface area contributed by atoms with Crippen LogP contribution in [0.3, 0.4) is 0 Å². The van der Waals surface area contributed by atoms with Crippen LogP contribution in [0.4, 0.5) is 5.69 Å². The third-order valence-electron chi connectivity index (χ3n) is 4.08. The Morgan fingerprint density at radius 1 is 1.43 bits per heavy atom. The van der Waals surface area contributed by atoms with Crippen molar-refractivity contribution in [1.82, 2.24) is 14.8 Å². The molecular weight excluding hydrogens is 364 g/mol. The number of aromatic nitrogens is 3. The monoisotopic (exact) mass is 378 g/mol. The summed E-state index contributed by atoms with van der Waals surface area (Å²) >= 11 is 3.69. The molecule has 1 atom stereocenters. The van der Waals surface area contributed by atoms with Gasteiger partial charge in [-0.25, -0.2) is 9.67 Å². The predicted octanol–water partition coefficient (Wildman–Crippen LogP) is 3.53. The Balaban J connectivity index is 2.17. The Bertz CT molecular complexity index is 811. The van der Waals surface area contributed by atoms with E-state index in [0.717, 1.165) is 5.69 Å². The number of halogens is 1. The number of aryl methyl sites for hydroxylation is 1. The lowest BCUT2D eigenvalue weighted by molar-refractivity contribution is -0.385. The number of Topliss-reactive ketones (excluding diaryl/α,β-unsaturated/α-hetero) is 1. The molecule has 0 saturated carbocycles. The topological polar surface area (TPSA) is 90.9 Å². The van der Waals surface area contributed by atoms with Crippen molar-refractivity contribution in [1.29, 1.82) is 0 Å². The lowest BCUT2D eigenvalue weighted by atomic mass is 9.75. The van der Waals surface area contributed by atoms with Crippen molar-refractivity contribution in [2.24, 2.45) is 5.41 Å². The van der Waals surface area contributed by atoms with E-state index in [2.05, 4.69) is 26.0 Å². The molecule has 2 aromatic heterocycles. The van der Waals surface area contributed by atoms with Gasteiger partial charge in [0.05, 0.1) is 26.7 Å². The molecule has 0 bridgehead atoms. The van der Waals surface area contributed by atoms with Gasteiger partial charge < -0.3 is 0 Å². The van der Waals surface area contributed by atoms with Crippen molar-refractivity contribution in [3.05, 3.63) is 45.4 Å². The summed E-state index contributed by atoms with van der Waals surface area (Å²) in [5, 5.41) is 15.2. The first-order valence-corrected chi connectivity index (χ1v) is 8.01. The van der Waals surface area contributed by atoms with Gasteiger partial charge in [-0.2, -0.15) is 5.10 Å². The number of nitrogens with zero attached hydrogens (tertiary/aromatic N) is 4. The standard InChI is InChI=1S/C15H15BrN4O3/c1-8-12-10(21)6-15(2,3)14(16)13(12)19(18-8)11-5-4-9(7-17-11)20(22)23/h4-5,7,14H,6H2,1-3H3. The van der Waals surface area contributed by atoms with Crippen LogP contribution >= 0.6 is 15.9 Å². The maximum Gasteiger partial charge on any atom is 0.287 e. The molecule has 0 saturated heterocycles. The molecule has 23 heavy (non-hydrogen) atoms. The molecule has 0 N–H and O–H groups in total. The van der Waals surface area contributed by atoms with Gasteiger partial charge in [-0.05, 0) is 18.4 Å². The minimum absolute atomic E-state index is 0.0614. The highest BCUT2D eigenvalue weighted by atomic mass is 79.9. The third-order valence-corrected chi connectivity index (χ3v) is 5.75. The number of rotatable bonds is 2. The number of fused-ring (bicyclic) bond motifs is 1. The van der Waals surface area contributed by atoms with Gasteiger partial charge >= 0.3 is 0 Å². The summed E-state index contributed by atoms with van der Waals surface area (Å²) in [6.07, 6.45) is 1.63. The molecule has 1 unspecified atom stereocenters. The fourth-order valence-electron chi connectivity index (χ4n) is 2.87. The maximum absolute atomic E-state index is 12.5. The van der Waals surface area contributed by atoms with Crippen LogP contribution in [0.1, 0.15) is 46.8 Å². The van der Waals surface area contributed by atoms with Crippen LogP contribution in [0, 0.1) is 22.5 Å².